The lowest BCUT2D eigenvalue weighted by molar-refractivity contribution is -0.111. The number of aromatic nitrogens is 1. The number of anilines is 1. The second kappa shape index (κ2) is 7.97. The van der Waals surface area contributed by atoms with E-state index in [1.54, 1.807) is 30.6 Å². The molecule has 1 amide bonds. The predicted molar refractivity (Wildman–Crippen MR) is 96.1 cm³/mol. The minimum Gasteiger partial charge on any atom is -0.489 e. The number of furan rings is 1. The molecule has 3 aromatic rings. The Balaban J connectivity index is 1.57. The lowest BCUT2D eigenvalue weighted by Crippen LogP contribution is -2.07. The van der Waals surface area contributed by atoms with Crippen LogP contribution in [0.1, 0.15) is 17.1 Å². The van der Waals surface area contributed by atoms with Gasteiger partial charge in [0.15, 0.2) is 0 Å². The van der Waals surface area contributed by atoms with Gasteiger partial charge < -0.3 is 14.5 Å². The summed E-state index contributed by atoms with van der Waals surface area (Å²) in [6.07, 6.45) is 6.54. The molecule has 0 saturated heterocycles. The van der Waals surface area contributed by atoms with E-state index < -0.39 is 0 Å². The minimum atomic E-state index is -0.238. The monoisotopic (exact) mass is 334 g/mol. The van der Waals surface area contributed by atoms with Crippen molar-refractivity contribution in [3.8, 4) is 5.75 Å². The molecule has 0 spiro atoms. The molecule has 0 aliphatic heterocycles. The summed E-state index contributed by atoms with van der Waals surface area (Å²) in [5, 5.41) is 2.80. The molecule has 0 aliphatic rings. The quantitative estimate of drug-likeness (QED) is 0.686. The molecular formula is C20H18N2O3. The minimum absolute atomic E-state index is 0.238. The molecule has 25 heavy (non-hydrogen) atoms. The van der Waals surface area contributed by atoms with Gasteiger partial charge in [-0.2, -0.15) is 0 Å². The molecule has 1 aromatic carbocycles. The number of carbonyl (C=O) groups is 1. The molecule has 5 nitrogen and oxygen atoms in total. The number of pyridine rings is 1. The fourth-order valence-corrected chi connectivity index (χ4v) is 2.20. The molecular weight excluding hydrogens is 316 g/mol. The van der Waals surface area contributed by atoms with E-state index in [0.29, 0.717) is 23.8 Å². The van der Waals surface area contributed by atoms with E-state index in [2.05, 4.69) is 10.3 Å². The van der Waals surface area contributed by atoms with Crippen LogP contribution >= 0.6 is 0 Å². The first-order valence-electron chi connectivity index (χ1n) is 7.86. The standard InChI is InChI=1S/C20H18N2O3/c1-15-7-8-18(25-15)9-10-20(23)22-17-5-2-6-19(12-17)24-14-16-4-3-11-21-13-16/h2-13H,14H2,1H3,(H,22,23)/b10-9+. The van der Waals surface area contributed by atoms with Crippen molar-refractivity contribution >= 4 is 17.7 Å². The van der Waals surface area contributed by atoms with E-state index in [0.717, 1.165) is 11.3 Å². The third-order valence-corrected chi connectivity index (χ3v) is 3.39. The Bertz CT molecular complexity index is 869. The Morgan fingerprint density at radius 3 is 2.92 bits per heavy atom. The van der Waals surface area contributed by atoms with Crippen LogP contribution in [0.2, 0.25) is 0 Å². The van der Waals surface area contributed by atoms with Crippen molar-refractivity contribution in [2.24, 2.45) is 0 Å². The number of carbonyl (C=O) groups excluding carboxylic acids is 1. The van der Waals surface area contributed by atoms with Gasteiger partial charge in [-0.15, -0.1) is 0 Å². The van der Waals surface area contributed by atoms with Gasteiger partial charge >= 0.3 is 0 Å². The Morgan fingerprint density at radius 1 is 1.24 bits per heavy atom. The number of benzene rings is 1. The third-order valence-electron chi connectivity index (χ3n) is 3.39. The smallest absolute Gasteiger partial charge is 0.248 e. The maximum absolute atomic E-state index is 12.0. The van der Waals surface area contributed by atoms with E-state index in [-0.39, 0.29) is 5.91 Å². The van der Waals surface area contributed by atoms with Crippen LogP contribution in [0.5, 0.6) is 5.75 Å². The van der Waals surface area contributed by atoms with Crippen LogP contribution in [-0.2, 0) is 11.4 Å². The Hall–Kier alpha value is -3.34. The summed E-state index contributed by atoms with van der Waals surface area (Å²) in [6, 6.07) is 14.7. The van der Waals surface area contributed by atoms with Gasteiger partial charge in [0.25, 0.3) is 0 Å². The van der Waals surface area contributed by atoms with Crippen LogP contribution in [0.3, 0.4) is 0 Å². The first kappa shape index (κ1) is 16.5. The maximum Gasteiger partial charge on any atom is 0.248 e. The SMILES string of the molecule is Cc1ccc(/C=C/C(=O)Nc2cccc(OCc3cccnc3)c2)o1. The third kappa shape index (κ3) is 5.07. The number of aryl methyl sites for hydroxylation is 1. The van der Waals surface area contributed by atoms with Gasteiger partial charge in [0.2, 0.25) is 5.91 Å². The molecule has 5 heteroatoms. The van der Waals surface area contributed by atoms with Gasteiger partial charge in [-0.05, 0) is 43.3 Å². The van der Waals surface area contributed by atoms with Gasteiger partial charge in [0, 0.05) is 35.8 Å². The second-order valence-electron chi connectivity index (χ2n) is 5.45. The fraction of sp³-hybridized carbons (Fsp3) is 0.100. The highest BCUT2D eigenvalue weighted by atomic mass is 16.5. The molecule has 0 aliphatic carbocycles. The maximum atomic E-state index is 12.0. The number of hydrogen-bond acceptors (Lipinski definition) is 4. The largest absolute Gasteiger partial charge is 0.489 e. The van der Waals surface area contributed by atoms with Crippen LogP contribution in [0.25, 0.3) is 6.08 Å². The van der Waals surface area contributed by atoms with E-state index in [1.165, 1.54) is 6.08 Å². The molecule has 0 bridgehead atoms. The number of amides is 1. The van der Waals surface area contributed by atoms with Crippen molar-refractivity contribution in [2.75, 3.05) is 5.32 Å². The molecule has 3 rings (SSSR count). The molecule has 2 aromatic heterocycles. The Kier molecular flexibility index (Phi) is 5.26. The lowest BCUT2D eigenvalue weighted by Gasteiger charge is -2.08. The summed E-state index contributed by atoms with van der Waals surface area (Å²) in [5.74, 6) is 1.88. The topological polar surface area (TPSA) is 64.4 Å². The molecule has 0 atom stereocenters. The molecule has 2 heterocycles. The number of ether oxygens (including phenoxy) is 1. The van der Waals surface area contributed by atoms with Gasteiger partial charge in [-0.25, -0.2) is 0 Å². The Labute approximate surface area is 146 Å². The van der Waals surface area contributed by atoms with Crippen LogP contribution in [0, 0.1) is 6.92 Å². The summed E-state index contributed by atoms with van der Waals surface area (Å²) in [7, 11) is 0. The molecule has 0 unspecified atom stereocenters. The number of hydrogen-bond donors (Lipinski definition) is 1. The first-order chi connectivity index (χ1) is 12.2. The zero-order chi connectivity index (χ0) is 17.5. The molecule has 1 N–H and O–H groups in total. The molecule has 126 valence electrons. The second-order valence-corrected chi connectivity index (χ2v) is 5.45. The summed E-state index contributed by atoms with van der Waals surface area (Å²) < 4.78 is 11.1. The zero-order valence-electron chi connectivity index (χ0n) is 13.8. The highest BCUT2D eigenvalue weighted by Crippen LogP contribution is 2.18. The molecule has 0 saturated carbocycles. The van der Waals surface area contributed by atoms with Gasteiger partial charge in [0.05, 0.1) is 0 Å². The van der Waals surface area contributed by atoms with E-state index in [9.17, 15) is 4.79 Å². The van der Waals surface area contributed by atoms with Crippen LogP contribution in [-0.4, -0.2) is 10.9 Å². The molecule has 0 radical (unpaired) electrons. The van der Waals surface area contributed by atoms with Gasteiger partial charge in [0.1, 0.15) is 23.9 Å². The van der Waals surface area contributed by atoms with Crippen LogP contribution in [0.4, 0.5) is 5.69 Å². The predicted octanol–water partition coefficient (Wildman–Crippen LogP) is 4.21. The normalized spacial score (nSPS) is 10.8. The highest BCUT2D eigenvalue weighted by Gasteiger charge is 2.02. The summed E-state index contributed by atoms with van der Waals surface area (Å²) in [5.41, 5.74) is 1.64. The molecule has 0 fully saturated rings. The zero-order valence-corrected chi connectivity index (χ0v) is 13.8. The van der Waals surface area contributed by atoms with Crippen molar-refractivity contribution in [1.82, 2.24) is 4.98 Å². The first-order valence-corrected chi connectivity index (χ1v) is 7.86. The Morgan fingerprint density at radius 2 is 2.16 bits per heavy atom. The number of nitrogens with one attached hydrogen (secondary N) is 1. The fourth-order valence-electron chi connectivity index (χ4n) is 2.20. The number of rotatable bonds is 6. The van der Waals surface area contributed by atoms with Crippen molar-refractivity contribution in [3.63, 3.8) is 0 Å². The number of nitrogens with zero attached hydrogens (tertiary/aromatic N) is 1. The van der Waals surface area contributed by atoms with Crippen LogP contribution < -0.4 is 10.1 Å². The van der Waals surface area contributed by atoms with E-state index in [1.807, 2.05) is 43.3 Å². The van der Waals surface area contributed by atoms with E-state index in [4.69, 9.17) is 9.15 Å². The average Bonchev–Trinajstić information content (AvgIpc) is 3.05. The van der Waals surface area contributed by atoms with Crippen molar-refractivity contribution in [1.29, 1.82) is 0 Å². The van der Waals surface area contributed by atoms with Gasteiger partial charge in [-0.3, -0.25) is 9.78 Å². The highest BCUT2D eigenvalue weighted by molar-refractivity contribution is 6.01. The summed E-state index contributed by atoms with van der Waals surface area (Å²) in [6.45, 7) is 2.28. The summed E-state index contributed by atoms with van der Waals surface area (Å²) >= 11 is 0. The summed E-state index contributed by atoms with van der Waals surface area (Å²) in [4.78, 5) is 16.0. The van der Waals surface area contributed by atoms with Crippen molar-refractivity contribution in [2.45, 2.75) is 13.5 Å². The lowest BCUT2D eigenvalue weighted by atomic mass is 10.3. The van der Waals surface area contributed by atoms with Gasteiger partial charge in [-0.1, -0.05) is 12.1 Å². The van der Waals surface area contributed by atoms with Crippen molar-refractivity contribution in [3.05, 3.63) is 84.1 Å². The van der Waals surface area contributed by atoms with Crippen LogP contribution in [0.15, 0.2) is 71.4 Å². The van der Waals surface area contributed by atoms with E-state index >= 15 is 0 Å². The van der Waals surface area contributed by atoms with Crippen molar-refractivity contribution < 1.29 is 13.9 Å². The average molecular weight is 334 g/mol.